The van der Waals surface area contributed by atoms with Crippen molar-refractivity contribution < 1.29 is 14.2 Å². The van der Waals surface area contributed by atoms with Gasteiger partial charge in [0, 0.05) is 12.6 Å². The van der Waals surface area contributed by atoms with Gasteiger partial charge in [-0.05, 0) is 49.4 Å². The van der Waals surface area contributed by atoms with Gasteiger partial charge in [-0.2, -0.15) is 0 Å². The molecule has 2 aromatic carbocycles. The van der Waals surface area contributed by atoms with E-state index in [1.54, 1.807) is 27.5 Å². The molecule has 0 bridgehead atoms. The van der Waals surface area contributed by atoms with Gasteiger partial charge in [0.05, 0.1) is 27.4 Å². The molecule has 0 radical (unpaired) electrons. The van der Waals surface area contributed by atoms with Gasteiger partial charge in [0.1, 0.15) is 11.2 Å². The van der Waals surface area contributed by atoms with Gasteiger partial charge < -0.3 is 14.2 Å². The predicted molar refractivity (Wildman–Crippen MR) is 128 cm³/mol. The van der Waals surface area contributed by atoms with Gasteiger partial charge in [-0.25, -0.2) is 14.6 Å². The second-order valence-corrected chi connectivity index (χ2v) is 8.07. The summed E-state index contributed by atoms with van der Waals surface area (Å²) >= 11 is 0. The molecule has 0 amide bonds. The molecule has 4 rings (SSSR count). The molecule has 7 heteroatoms. The Kier molecular flexibility index (Phi) is 7.07. The number of methoxy groups -OCH3 is 3. The third kappa shape index (κ3) is 5.08. The van der Waals surface area contributed by atoms with Crippen molar-refractivity contribution in [1.82, 2.24) is 19.7 Å². The fraction of sp³-hybridized carbons (Fsp3) is 0.346. The maximum absolute atomic E-state index is 5.50. The Labute approximate surface area is 194 Å². The predicted octanol–water partition coefficient (Wildman–Crippen LogP) is 5.03. The van der Waals surface area contributed by atoms with E-state index < -0.39 is 0 Å². The summed E-state index contributed by atoms with van der Waals surface area (Å²) in [6, 6.07) is 16.6. The SMILES string of the molecule is COc1ccc(Cc2ncc3c(OC)nn(C(C)CCCc4ccccc4)c3n2)cc1OC. The first kappa shape index (κ1) is 22.6. The van der Waals surface area contributed by atoms with E-state index >= 15 is 0 Å². The molecule has 0 aliphatic carbocycles. The van der Waals surface area contributed by atoms with E-state index in [1.807, 2.05) is 28.9 Å². The highest BCUT2D eigenvalue weighted by Crippen LogP contribution is 2.30. The summed E-state index contributed by atoms with van der Waals surface area (Å²) < 4.78 is 18.2. The first-order valence-electron chi connectivity index (χ1n) is 11.2. The van der Waals surface area contributed by atoms with Gasteiger partial charge in [-0.3, -0.25) is 0 Å². The van der Waals surface area contributed by atoms with Crippen molar-refractivity contribution in [1.29, 1.82) is 0 Å². The summed E-state index contributed by atoms with van der Waals surface area (Å²) in [6.45, 7) is 2.17. The molecule has 0 spiro atoms. The number of ether oxygens (including phenoxy) is 3. The number of aromatic nitrogens is 4. The zero-order valence-electron chi connectivity index (χ0n) is 19.6. The van der Waals surface area contributed by atoms with Gasteiger partial charge in [-0.15, -0.1) is 5.10 Å². The molecule has 0 saturated carbocycles. The molecule has 0 fully saturated rings. The molecular weight excluding hydrogens is 416 g/mol. The number of fused-ring (bicyclic) bond motifs is 1. The molecule has 2 heterocycles. The van der Waals surface area contributed by atoms with E-state index in [0.29, 0.717) is 23.8 Å². The van der Waals surface area contributed by atoms with Crippen LogP contribution in [0, 0.1) is 0 Å². The molecule has 1 atom stereocenters. The monoisotopic (exact) mass is 446 g/mol. The van der Waals surface area contributed by atoms with Crippen LogP contribution in [0.15, 0.2) is 54.7 Å². The largest absolute Gasteiger partial charge is 0.493 e. The van der Waals surface area contributed by atoms with Crippen LogP contribution in [-0.4, -0.2) is 41.1 Å². The molecule has 0 aliphatic heterocycles. The van der Waals surface area contributed by atoms with Crippen LogP contribution in [-0.2, 0) is 12.8 Å². The van der Waals surface area contributed by atoms with Crippen molar-refractivity contribution in [3.8, 4) is 17.4 Å². The van der Waals surface area contributed by atoms with Crippen molar-refractivity contribution in [3.05, 3.63) is 71.7 Å². The number of hydrogen-bond acceptors (Lipinski definition) is 6. The summed E-state index contributed by atoms with van der Waals surface area (Å²) in [5, 5.41) is 5.51. The highest BCUT2D eigenvalue weighted by atomic mass is 16.5. The minimum atomic E-state index is 0.184. The Balaban J connectivity index is 1.55. The number of nitrogens with zero attached hydrogens (tertiary/aromatic N) is 4. The Hall–Kier alpha value is -3.61. The smallest absolute Gasteiger partial charge is 0.243 e. The van der Waals surface area contributed by atoms with Crippen molar-refractivity contribution in [2.75, 3.05) is 21.3 Å². The first-order valence-corrected chi connectivity index (χ1v) is 11.2. The lowest BCUT2D eigenvalue weighted by Crippen LogP contribution is -2.09. The first-order chi connectivity index (χ1) is 16.1. The summed E-state index contributed by atoms with van der Waals surface area (Å²) in [6.07, 6.45) is 5.48. The Morgan fingerprint density at radius 3 is 2.42 bits per heavy atom. The van der Waals surface area contributed by atoms with Gasteiger partial charge in [-0.1, -0.05) is 36.4 Å². The molecule has 2 aromatic heterocycles. The Bertz CT molecular complexity index is 1210. The Morgan fingerprint density at radius 2 is 1.70 bits per heavy atom. The van der Waals surface area contributed by atoms with Gasteiger partial charge >= 0.3 is 0 Å². The van der Waals surface area contributed by atoms with Crippen LogP contribution in [0.1, 0.15) is 42.8 Å². The van der Waals surface area contributed by atoms with E-state index in [1.165, 1.54) is 5.56 Å². The zero-order chi connectivity index (χ0) is 23.2. The highest BCUT2D eigenvalue weighted by molar-refractivity contribution is 5.80. The van der Waals surface area contributed by atoms with Crippen LogP contribution in [0.25, 0.3) is 11.0 Å². The highest BCUT2D eigenvalue weighted by Gasteiger charge is 2.18. The minimum Gasteiger partial charge on any atom is -0.493 e. The lowest BCUT2D eigenvalue weighted by Gasteiger charge is -2.13. The second-order valence-electron chi connectivity index (χ2n) is 8.07. The van der Waals surface area contributed by atoms with Crippen molar-refractivity contribution in [2.24, 2.45) is 0 Å². The summed E-state index contributed by atoms with van der Waals surface area (Å²) in [7, 11) is 4.89. The quantitative estimate of drug-likeness (QED) is 0.340. The van der Waals surface area contributed by atoms with Crippen LogP contribution in [0.2, 0.25) is 0 Å². The fourth-order valence-corrected chi connectivity index (χ4v) is 4.02. The van der Waals surface area contributed by atoms with Crippen molar-refractivity contribution in [3.63, 3.8) is 0 Å². The van der Waals surface area contributed by atoms with E-state index in [4.69, 9.17) is 19.2 Å². The molecule has 33 heavy (non-hydrogen) atoms. The zero-order valence-corrected chi connectivity index (χ0v) is 19.6. The van der Waals surface area contributed by atoms with Crippen molar-refractivity contribution >= 4 is 11.0 Å². The topological polar surface area (TPSA) is 71.3 Å². The average Bonchev–Trinajstić information content (AvgIpc) is 3.22. The van der Waals surface area contributed by atoms with E-state index in [9.17, 15) is 0 Å². The van der Waals surface area contributed by atoms with Crippen LogP contribution in [0.5, 0.6) is 17.4 Å². The molecule has 0 saturated heterocycles. The van der Waals surface area contributed by atoms with Crippen LogP contribution < -0.4 is 14.2 Å². The number of benzene rings is 2. The third-order valence-electron chi connectivity index (χ3n) is 5.82. The number of rotatable bonds is 10. The van der Waals surface area contributed by atoms with E-state index in [0.717, 1.165) is 41.7 Å². The number of hydrogen-bond donors (Lipinski definition) is 0. The number of aryl methyl sites for hydroxylation is 1. The minimum absolute atomic E-state index is 0.184. The molecule has 7 nitrogen and oxygen atoms in total. The second kappa shape index (κ2) is 10.3. The Morgan fingerprint density at radius 1 is 0.909 bits per heavy atom. The molecule has 1 unspecified atom stereocenters. The standard InChI is InChI=1S/C26H30N4O3/c1-18(9-8-12-19-10-6-5-7-11-19)30-25-21(26(29-30)33-4)17-27-24(28-25)16-20-13-14-22(31-2)23(15-20)32-3/h5-7,10-11,13-15,17-18H,8-9,12,16H2,1-4H3. The van der Waals surface area contributed by atoms with Gasteiger partial charge in [0.15, 0.2) is 17.1 Å². The van der Waals surface area contributed by atoms with Crippen LogP contribution in [0.4, 0.5) is 0 Å². The van der Waals surface area contributed by atoms with Crippen LogP contribution >= 0.6 is 0 Å². The van der Waals surface area contributed by atoms with Crippen molar-refractivity contribution in [2.45, 2.75) is 38.6 Å². The molecular formula is C26H30N4O3. The van der Waals surface area contributed by atoms with E-state index in [2.05, 4.69) is 41.3 Å². The van der Waals surface area contributed by atoms with Crippen LogP contribution in [0.3, 0.4) is 0 Å². The molecule has 172 valence electrons. The summed E-state index contributed by atoms with van der Waals surface area (Å²) in [4.78, 5) is 9.43. The maximum atomic E-state index is 5.50. The summed E-state index contributed by atoms with van der Waals surface area (Å²) in [5.74, 6) is 2.66. The van der Waals surface area contributed by atoms with E-state index in [-0.39, 0.29) is 6.04 Å². The lowest BCUT2D eigenvalue weighted by molar-refractivity contribution is 0.354. The molecule has 0 aliphatic rings. The fourth-order valence-electron chi connectivity index (χ4n) is 4.02. The maximum Gasteiger partial charge on any atom is 0.243 e. The normalized spacial score (nSPS) is 12.0. The van der Waals surface area contributed by atoms with Gasteiger partial charge in [0.25, 0.3) is 0 Å². The van der Waals surface area contributed by atoms with Gasteiger partial charge in [0.2, 0.25) is 5.88 Å². The molecule has 0 N–H and O–H groups in total. The lowest BCUT2D eigenvalue weighted by atomic mass is 10.1. The third-order valence-corrected chi connectivity index (χ3v) is 5.82. The summed E-state index contributed by atoms with van der Waals surface area (Å²) in [5.41, 5.74) is 3.19. The molecule has 4 aromatic rings. The average molecular weight is 447 g/mol.